The van der Waals surface area contributed by atoms with E-state index in [1.165, 1.54) is 0 Å². The van der Waals surface area contributed by atoms with Crippen molar-refractivity contribution in [2.45, 2.75) is 11.8 Å². The number of carbonyl (C=O) groups is 1. The van der Waals surface area contributed by atoms with Crippen LogP contribution in [0, 0.1) is 11.3 Å². The number of hydrogen-bond donors (Lipinski definition) is 1. The first-order valence-corrected chi connectivity index (χ1v) is 12.7. The molecule has 0 aliphatic carbocycles. The molecule has 0 radical (unpaired) electrons. The first-order chi connectivity index (χ1) is 18.5. The first-order valence-electron chi connectivity index (χ1n) is 11.9. The summed E-state index contributed by atoms with van der Waals surface area (Å²) in [6, 6.07) is 31.9. The summed E-state index contributed by atoms with van der Waals surface area (Å²) in [6.45, 7) is 0. The molecule has 1 aliphatic rings. The lowest BCUT2D eigenvalue weighted by Crippen LogP contribution is -2.22. The predicted molar refractivity (Wildman–Crippen MR) is 147 cm³/mol. The number of allylic oxidation sites excluding steroid dienone is 1. The normalized spacial score (nSPS) is 14.3. The fourth-order valence-corrected chi connectivity index (χ4v) is 5.06. The molecule has 0 bridgehead atoms. The Morgan fingerprint density at radius 2 is 1.61 bits per heavy atom. The van der Waals surface area contributed by atoms with Gasteiger partial charge in [-0.2, -0.15) is 5.26 Å². The molecule has 0 amide bonds. The molecule has 1 unspecified atom stereocenters. The van der Waals surface area contributed by atoms with Gasteiger partial charge >= 0.3 is 5.97 Å². The Morgan fingerprint density at radius 3 is 2.21 bits per heavy atom. The highest BCUT2D eigenvalue weighted by Gasteiger charge is 2.33. The van der Waals surface area contributed by atoms with Crippen molar-refractivity contribution in [1.29, 1.82) is 5.26 Å². The van der Waals surface area contributed by atoms with Gasteiger partial charge in [0, 0.05) is 21.7 Å². The summed E-state index contributed by atoms with van der Waals surface area (Å²) in [6.07, 6.45) is 0. The van der Waals surface area contributed by atoms with Crippen LogP contribution in [0.5, 0.6) is 17.2 Å². The van der Waals surface area contributed by atoms with Crippen molar-refractivity contribution in [2.24, 2.45) is 5.73 Å². The highest BCUT2D eigenvalue weighted by molar-refractivity contribution is 9.10. The van der Waals surface area contributed by atoms with Gasteiger partial charge in [-0.3, -0.25) is 4.79 Å². The summed E-state index contributed by atoms with van der Waals surface area (Å²) in [7, 11) is 1.57. The molecule has 1 atom stereocenters. The minimum atomic E-state index is -0.608. The van der Waals surface area contributed by atoms with Crippen LogP contribution in [0.25, 0.3) is 0 Å². The van der Waals surface area contributed by atoms with Crippen LogP contribution in [0.4, 0.5) is 0 Å². The van der Waals surface area contributed by atoms with Crippen molar-refractivity contribution < 1.29 is 19.0 Å². The Morgan fingerprint density at radius 1 is 0.947 bits per heavy atom. The number of halogens is 1. The van der Waals surface area contributed by atoms with E-state index in [9.17, 15) is 10.1 Å². The number of nitriles is 1. The zero-order chi connectivity index (χ0) is 26.6. The minimum absolute atomic E-state index is 0.0121. The quantitative estimate of drug-likeness (QED) is 0.214. The van der Waals surface area contributed by atoms with Crippen LogP contribution in [0.1, 0.15) is 34.1 Å². The Kier molecular flexibility index (Phi) is 7.16. The van der Waals surface area contributed by atoms with Crippen molar-refractivity contribution in [3.05, 3.63) is 135 Å². The molecule has 4 aromatic carbocycles. The van der Waals surface area contributed by atoms with E-state index in [0.717, 1.165) is 21.2 Å². The number of rotatable bonds is 6. The van der Waals surface area contributed by atoms with E-state index in [1.807, 2.05) is 78.9 Å². The molecule has 7 heteroatoms. The van der Waals surface area contributed by atoms with Crippen LogP contribution >= 0.6 is 15.9 Å². The molecule has 0 saturated heterocycles. The van der Waals surface area contributed by atoms with Crippen molar-refractivity contribution in [3.8, 4) is 23.3 Å². The molecule has 6 nitrogen and oxygen atoms in total. The molecule has 5 rings (SSSR count). The van der Waals surface area contributed by atoms with Gasteiger partial charge in [0.15, 0.2) is 0 Å². The van der Waals surface area contributed by atoms with Gasteiger partial charge in [-0.15, -0.1) is 0 Å². The molecule has 38 heavy (non-hydrogen) atoms. The number of fused-ring (bicyclic) bond motifs is 1. The largest absolute Gasteiger partial charge is 0.496 e. The molecule has 0 fully saturated rings. The Labute approximate surface area is 229 Å². The van der Waals surface area contributed by atoms with Crippen LogP contribution in [0.15, 0.2) is 113 Å². The number of nitrogens with two attached hydrogens (primary N) is 1. The zero-order valence-corrected chi connectivity index (χ0v) is 22.0. The second kappa shape index (κ2) is 10.8. The third kappa shape index (κ3) is 4.86. The van der Waals surface area contributed by atoms with Gasteiger partial charge in [-0.1, -0.05) is 82.7 Å². The predicted octanol–water partition coefficient (Wildman–Crippen LogP) is 6.41. The second-order valence-corrected chi connectivity index (χ2v) is 9.60. The molecular weight excluding hydrogens is 544 g/mol. The van der Waals surface area contributed by atoms with Gasteiger partial charge in [0.25, 0.3) is 0 Å². The van der Waals surface area contributed by atoms with Gasteiger partial charge in [-0.05, 0) is 35.4 Å². The van der Waals surface area contributed by atoms with Gasteiger partial charge in [0.1, 0.15) is 34.8 Å². The Hall–Kier alpha value is -4.54. The van der Waals surface area contributed by atoms with Gasteiger partial charge in [0.05, 0.1) is 13.0 Å². The fourth-order valence-electron chi connectivity index (χ4n) is 4.68. The summed E-state index contributed by atoms with van der Waals surface area (Å²) in [4.78, 5) is 13.5. The molecule has 4 aromatic rings. The second-order valence-electron chi connectivity index (χ2n) is 8.69. The molecule has 1 aliphatic heterocycles. The SMILES string of the molecule is COc1ccc(Br)cc1C1C(C#N)=C(N)Oc2cc(OC(=O)C(c3ccccc3)c3ccccc3)ccc21. The van der Waals surface area contributed by atoms with E-state index in [4.69, 9.17) is 19.9 Å². The van der Waals surface area contributed by atoms with Crippen molar-refractivity contribution in [2.75, 3.05) is 7.11 Å². The number of carbonyl (C=O) groups excluding carboxylic acids is 1. The molecule has 0 aromatic heterocycles. The minimum Gasteiger partial charge on any atom is -0.496 e. The van der Waals surface area contributed by atoms with Crippen molar-refractivity contribution in [3.63, 3.8) is 0 Å². The van der Waals surface area contributed by atoms with Crippen LogP contribution in [0.3, 0.4) is 0 Å². The fraction of sp³-hybridized carbons (Fsp3) is 0.0968. The number of ether oxygens (including phenoxy) is 3. The number of esters is 1. The standard InChI is InChI=1S/C31H23BrN2O4/c1-36-26-15-12-21(32)16-24(26)29-23-14-13-22(17-27(23)38-30(34)25(29)18-33)37-31(35)28(19-8-4-2-5-9-19)20-10-6-3-7-11-20/h2-17,28-29H,34H2,1H3. The average Bonchev–Trinajstić information content (AvgIpc) is 2.93. The Balaban J connectivity index is 1.52. The third-order valence-corrected chi connectivity index (χ3v) is 6.91. The van der Waals surface area contributed by atoms with E-state index in [2.05, 4.69) is 22.0 Å². The van der Waals surface area contributed by atoms with Crippen molar-refractivity contribution in [1.82, 2.24) is 0 Å². The summed E-state index contributed by atoms with van der Waals surface area (Å²) in [5.74, 6) is -0.263. The van der Waals surface area contributed by atoms with E-state index >= 15 is 0 Å². The van der Waals surface area contributed by atoms with Crippen LogP contribution in [-0.2, 0) is 4.79 Å². The highest BCUT2D eigenvalue weighted by Crippen LogP contribution is 2.46. The van der Waals surface area contributed by atoms with E-state index in [1.54, 1.807) is 25.3 Å². The number of methoxy groups -OCH3 is 1. The first kappa shape index (κ1) is 25.1. The average molecular weight is 567 g/mol. The van der Waals surface area contributed by atoms with E-state index in [-0.39, 0.29) is 11.5 Å². The molecule has 0 saturated carbocycles. The maximum absolute atomic E-state index is 13.5. The maximum atomic E-state index is 13.5. The third-order valence-electron chi connectivity index (χ3n) is 6.41. The van der Waals surface area contributed by atoms with Crippen LogP contribution in [-0.4, -0.2) is 13.1 Å². The Bertz CT molecular complexity index is 1520. The summed E-state index contributed by atoms with van der Waals surface area (Å²) >= 11 is 3.51. The lowest BCUT2D eigenvalue weighted by atomic mass is 9.83. The number of benzene rings is 4. The summed E-state index contributed by atoms with van der Waals surface area (Å²) in [5, 5.41) is 9.91. The molecule has 1 heterocycles. The van der Waals surface area contributed by atoms with Crippen LogP contribution < -0.4 is 19.9 Å². The van der Waals surface area contributed by atoms with Gasteiger partial charge in [0.2, 0.25) is 5.88 Å². The number of hydrogen-bond acceptors (Lipinski definition) is 6. The summed E-state index contributed by atoms with van der Waals surface area (Å²) < 4.78 is 18.1. The van der Waals surface area contributed by atoms with Gasteiger partial charge in [-0.25, -0.2) is 0 Å². The smallest absolute Gasteiger partial charge is 0.323 e. The van der Waals surface area contributed by atoms with E-state index in [0.29, 0.717) is 22.8 Å². The monoisotopic (exact) mass is 566 g/mol. The topological polar surface area (TPSA) is 94.6 Å². The summed E-state index contributed by atoms with van der Waals surface area (Å²) in [5.41, 5.74) is 9.56. The lowest BCUT2D eigenvalue weighted by molar-refractivity contribution is -0.135. The molecule has 188 valence electrons. The zero-order valence-electron chi connectivity index (χ0n) is 20.4. The van der Waals surface area contributed by atoms with Gasteiger partial charge < -0.3 is 19.9 Å². The number of nitrogens with zero attached hydrogens (tertiary/aromatic N) is 1. The molecule has 0 spiro atoms. The van der Waals surface area contributed by atoms with Crippen molar-refractivity contribution >= 4 is 21.9 Å². The molecule has 2 N–H and O–H groups in total. The maximum Gasteiger partial charge on any atom is 0.323 e. The van der Waals surface area contributed by atoms with Crippen LogP contribution in [0.2, 0.25) is 0 Å². The lowest BCUT2D eigenvalue weighted by Gasteiger charge is -2.28. The highest BCUT2D eigenvalue weighted by atomic mass is 79.9. The molecular formula is C31H23BrN2O4. The van der Waals surface area contributed by atoms with E-state index < -0.39 is 17.8 Å².